The molecule has 5 heterocycles. The number of methoxy groups -OCH3 is 1. The van der Waals surface area contributed by atoms with Crippen LogP contribution in [0, 0.1) is 50.4 Å². The quantitative estimate of drug-likeness (QED) is 0.102. The van der Waals surface area contributed by atoms with Crippen molar-refractivity contribution < 1.29 is 24.2 Å². The molecule has 5 atom stereocenters. The molecule has 3 aliphatic rings. The monoisotopic (exact) mass is 827 g/mol. The summed E-state index contributed by atoms with van der Waals surface area (Å²) in [7, 11) is 1.35. The smallest absolute Gasteiger partial charge is 0.657 e. The van der Waals surface area contributed by atoms with Gasteiger partial charge in [-0.3, -0.25) is 9.59 Å². The summed E-state index contributed by atoms with van der Waals surface area (Å²) in [6, 6.07) is -0.425. The van der Waals surface area contributed by atoms with Crippen molar-refractivity contribution in [2.75, 3.05) is 13.7 Å². The summed E-state index contributed by atoms with van der Waals surface area (Å²) in [5.41, 5.74) is 10.7. The second-order valence-electron chi connectivity index (χ2n) is 17.9. The Kier molecular flexibility index (Phi) is 16.0. The van der Waals surface area contributed by atoms with E-state index in [0.29, 0.717) is 28.3 Å². The molecular formula is C50H67MgN4O5-. The van der Waals surface area contributed by atoms with Gasteiger partial charge in [0.2, 0.25) is 0 Å². The molecular weight excluding hydrogens is 761 g/mol. The maximum absolute atomic E-state index is 13.6. The predicted octanol–water partition coefficient (Wildman–Crippen LogP) is 5.99. The van der Waals surface area contributed by atoms with E-state index in [9.17, 15) is 14.7 Å². The fourth-order valence-electron chi connectivity index (χ4n) is 9.73. The third-order valence-electron chi connectivity index (χ3n) is 13.4. The molecule has 0 spiro atoms. The largest absolute Gasteiger partial charge is 2.00 e. The van der Waals surface area contributed by atoms with Crippen LogP contribution in [-0.4, -0.2) is 59.9 Å². The molecule has 1 fully saturated rings. The first-order valence-corrected chi connectivity index (χ1v) is 22.2. The Hall–Kier alpha value is -3.89. The van der Waals surface area contributed by atoms with Gasteiger partial charge in [-0.2, -0.15) is 0 Å². The van der Waals surface area contributed by atoms with Crippen molar-refractivity contribution in [1.82, 2.24) is 20.3 Å². The third-order valence-corrected chi connectivity index (χ3v) is 13.4. The second-order valence-corrected chi connectivity index (χ2v) is 17.9. The number of nitrogens with zero attached hydrogens (tertiary/aromatic N) is 3. The SMILES string of the molecule is CCc1c2[n-]c(c1C)/C=C1\NC(C3=c4[n-]c(c(C)c4=C(O)[C@@H]3C(=O)OC)/C=c3\[n-]/c(c(C)c3CC)=C\2)[C@@H](CCC(=O)OC/C=C(\C)CCC[C@H](C)CCCC(C)C)[C@@H]1C.[Mg+2]. The fraction of sp³-hybridized carbons (Fsp3) is 0.560. The zero-order chi connectivity index (χ0) is 42.7. The predicted molar refractivity (Wildman–Crippen MR) is 242 cm³/mol. The van der Waals surface area contributed by atoms with Crippen molar-refractivity contribution in [3.8, 4) is 0 Å². The van der Waals surface area contributed by atoms with Crippen molar-refractivity contribution in [3.63, 3.8) is 0 Å². The third kappa shape index (κ3) is 9.75. The van der Waals surface area contributed by atoms with E-state index in [1.807, 2.05) is 19.1 Å². The molecule has 1 unspecified atom stereocenters. The Bertz CT molecular complexity index is 2370. The van der Waals surface area contributed by atoms with E-state index in [-0.39, 0.29) is 59.6 Å². The van der Waals surface area contributed by atoms with Crippen molar-refractivity contribution in [3.05, 3.63) is 83.5 Å². The Morgan fingerprint density at radius 3 is 2.23 bits per heavy atom. The van der Waals surface area contributed by atoms with Gasteiger partial charge in [0.1, 0.15) is 18.3 Å². The number of nitrogens with one attached hydrogen (secondary N) is 1. The Morgan fingerprint density at radius 2 is 1.55 bits per heavy atom. The van der Waals surface area contributed by atoms with Gasteiger partial charge in [-0.05, 0) is 89.2 Å². The van der Waals surface area contributed by atoms with E-state index in [2.05, 4.69) is 79.8 Å². The first-order chi connectivity index (χ1) is 28.2. The van der Waals surface area contributed by atoms with Gasteiger partial charge in [0, 0.05) is 23.3 Å². The minimum Gasteiger partial charge on any atom is -0.657 e. The van der Waals surface area contributed by atoms with Crippen LogP contribution in [0.2, 0.25) is 0 Å². The number of esters is 2. The number of hydrogen-bond donors (Lipinski definition) is 2. The maximum atomic E-state index is 13.6. The molecule has 0 aromatic carbocycles. The van der Waals surface area contributed by atoms with Gasteiger partial charge in [0.25, 0.3) is 0 Å². The maximum Gasteiger partial charge on any atom is 2.00 e. The topological polar surface area (TPSA) is 127 Å². The Labute approximate surface area is 373 Å². The number of hydrogen-bond acceptors (Lipinski definition) is 6. The Morgan fingerprint density at radius 1 is 0.867 bits per heavy atom. The van der Waals surface area contributed by atoms with Crippen molar-refractivity contribution in [1.29, 1.82) is 0 Å². The van der Waals surface area contributed by atoms with Crippen LogP contribution in [0.1, 0.15) is 145 Å². The number of carbonyl (C=O) groups is 2. The van der Waals surface area contributed by atoms with Gasteiger partial charge < -0.3 is 34.8 Å². The van der Waals surface area contributed by atoms with Crippen molar-refractivity contribution >= 4 is 64.6 Å². The molecule has 6 rings (SSSR count). The number of aromatic nitrogens is 3. The summed E-state index contributed by atoms with van der Waals surface area (Å²) in [6.45, 7) is 21.9. The second kappa shape index (κ2) is 20.3. The average molecular weight is 828 g/mol. The molecule has 2 N–H and O–H groups in total. The first kappa shape index (κ1) is 47.2. The summed E-state index contributed by atoms with van der Waals surface area (Å²) in [6.07, 6.45) is 17.9. The summed E-state index contributed by atoms with van der Waals surface area (Å²) in [5.74, 6) is -0.557. The number of allylic oxidation sites excluding steroid dienone is 2. The number of aliphatic hydroxyl groups excluding tert-OH is 1. The van der Waals surface area contributed by atoms with Gasteiger partial charge >= 0.3 is 35.0 Å². The molecule has 1 aliphatic carbocycles. The summed E-state index contributed by atoms with van der Waals surface area (Å²) >= 11 is 0. The van der Waals surface area contributed by atoms with Crippen molar-refractivity contribution in [2.45, 2.75) is 139 Å². The van der Waals surface area contributed by atoms with Crippen LogP contribution in [0.3, 0.4) is 0 Å². The first-order valence-electron chi connectivity index (χ1n) is 22.2. The standard InChI is InChI=1S/C50H67N4O5.Mg/c1-12-34-30(7)37-24-39-32(9)36(20-21-43(55)59-23-22-29(6)19-15-18-28(5)17-14-16-27(3)4)47(53-39)45-46(50(57)58-11)49(56)44-33(10)40(54-48(44)45)26-42-35(13-2)31(8)38(52-42)25-41(34)51-37;/h22,24-28,32,36,46-47,53,56H,12-21,23H2,1-11H3;/q-3;+2/b29-22+,38-25-,39-24-,42-26-;/t28-,32+,36+,46-,47?;/m1./s1. The zero-order valence-corrected chi connectivity index (χ0v) is 39.6. The van der Waals surface area contributed by atoms with E-state index in [4.69, 9.17) is 24.4 Å². The Balaban J connectivity index is 0.00000683. The number of aliphatic hydroxyl groups is 1. The molecule has 0 saturated carbocycles. The average Bonchev–Trinajstić information content (AvgIpc) is 3.94. The van der Waals surface area contributed by atoms with Gasteiger partial charge in [-0.1, -0.05) is 119 Å². The molecule has 3 aromatic rings. The molecule has 60 heavy (non-hydrogen) atoms. The van der Waals surface area contributed by atoms with Crippen LogP contribution in [0.5, 0.6) is 0 Å². The summed E-state index contributed by atoms with van der Waals surface area (Å²) in [5, 5.41) is 18.6. The van der Waals surface area contributed by atoms with E-state index in [1.54, 1.807) is 0 Å². The van der Waals surface area contributed by atoms with Gasteiger partial charge in [0.15, 0.2) is 0 Å². The van der Waals surface area contributed by atoms with Crippen LogP contribution < -0.4 is 41.5 Å². The fourth-order valence-corrected chi connectivity index (χ4v) is 9.73. The van der Waals surface area contributed by atoms with Gasteiger partial charge in [-0.15, -0.1) is 33.1 Å². The van der Waals surface area contributed by atoms with Crippen LogP contribution in [-0.2, 0) is 31.9 Å². The van der Waals surface area contributed by atoms with Crippen LogP contribution in [0.25, 0.3) is 29.6 Å². The van der Waals surface area contributed by atoms with E-state index in [0.717, 1.165) is 87.6 Å². The zero-order valence-electron chi connectivity index (χ0n) is 38.2. The molecule has 9 nitrogen and oxygen atoms in total. The number of carbonyl (C=O) groups excluding carboxylic acids is 2. The summed E-state index contributed by atoms with van der Waals surface area (Å²) in [4.78, 5) is 42.5. The molecule has 0 radical (unpaired) electrons. The molecule has 1 saturated heterocycles. The molecule has 2 aliphatic heterocycles. The molecule has 0 amide bonds. The number of fused-ring (bicyclic) bond motifs is 8. The summed E-state index contributed by atoms with van der Waals surface area (Å²) < 4.78 is 11.1. The van der Waals surface area contributed by atoms with E-state index < -0.39 is 17.9 Å². The minimum atomic E-state index is -1.03. The number of rotatable bonds is 16. The van der Waals surface area contributed by atoms with Gasteiger partial charge in [-0.25, -0.2) is 0 Å². The molecule has 8 bridgehead atoms. The molecule has 10 heteroatoms. The van der Waals surface area contributed by atoms with Crippen LogP contribution in [0.4, 0.5) is 0 Å². The molecule has 3 aromatic heterocycles. The van der Waals surface area contributed by atoms with E-state index >= 15 is 0 Å². The van der Waals surface area contributed by atoms with Crippen LogP contribution >= 0.6 is 0 Å². The normalized spacial score (nSPS) is 22.0. The molecule has 320 valence electrons. The van der Waals surface area contributed by atoms with Crippen molar-refractivity contribution in [2.24, 2.45) is 29.6 Å². The number of ether oxygens (including phenoxy) is 2. The minimum absolute atomic E-state index is 0. The van der Waals surface area contributed by atoms with Crippen LogP contribution in [0.15, 0.2) is 17.3 Å². The van der Waals surface area contributed by atoms with E-state index in [1.165, 1.54) is 43.9 Å². The van der Waals surface area contributed by atoms with Gasteiger partial charge in [0.05, 0.1) is 13.2 Å².